The number of rotatable bonds is 3. The van der Waals surface area contributed by atoms with Crippen molar-refractivity contribution < 1.29 is 9.90 Å². The number of hydrogen-bond acceptors (Lipinski definition) is 3. The molecule has 0 fully saturated rings. The van der Waals surface area contributed by atoms with Crippen LogP contribution in [-0.4, -0.2) is 16.1 Å². The van der Waals surface area contributed by atoms with Gasteiger partial charge in [-0.2, -0.15) is 0 Å². The van der Waals surface area contributed by atoms with E-state index in [2.05, 4.69) is 26.2 Å². The van der Waals surface area contributed by atoms with Crippen molar-refractivity contribution in [2.45, 2.75) is 6.92 Å². The molecule has 0 bridgehead atoms. The number of carboxylic acids is 1. The molecule has 0 spiro atoms. The first-order valence-electron chi connectivity index (χ1n) is 5.29. The molecule has 0 saturated heterocycles. The third-order valence-electron chi connectivity index (χ3n) is 2.46. The topological polar surface area (TPSA) is 62.2 Å². The van der Waals surface area contributed by atoms with Gasteiger partial charge in [0.1, 0.15) is 5.82 Å². The Morgan fingerprint density at radius 3 is 2.67 bits per heavy atom. The van der Waals surface area contributed by atoms with Crippen molar-refractivity contribution in [3.05, 3.63) is 52.1 Å². The van der Waals surface area contributed by atoms with Gasteiger partial charge >= 0.3 is 5.97 Å². The van der Waals surface area contributed by atoms with E-state index in [9.17, 15) is 4.79 Å². The Morgan fingerprint density at radius 2 is 2.11 bits per heavy atom. The maximum atomic E-state index is 10.7. The van der Waals surface area contributed by atoms with E-state index in [1.165, 1.54) is 12.3 Å². The van der Waals surface area contributed by atoms with Crippen molar-refractivity contribution in [1.29, 1.82) is 0 Å². The summed E-state index contributed by atoms with van der Waals surface area (Å²) in [5, 5.41) is 11.9. The summed E-state index contributed by atoms with van der Waals surface area (Å²) in [6, 6.07) is 9.03. The highest BCUT2D eigenvalue weighted by Crippen LogP contribution is 2.22. The van der Waals surface area contributed by atoms with Gasteiger partial charge in [0, 0.05) is 16.4 Å². The second-order valence-electron chi connectivity index (χ2n) is 3.82. The van der Waals surface area contributed by atoms with E-state index in [-0.39, 0.29) is 5.56 Å². The minimum absolute atomic E-state index is 0.174. The molecule has 5 heteroatoms. The standard InChI is InChI=1S/C13H11BrN2O2/c1-8-6-10(14)3-4-11(8)16-12-5-2-9(7-15-12)13(17)18/h2-7H,1H3,(H,15,16)(H,17,18). The molecule has 2 rings (SSSR count). The van der Waals surface area contributed by atoms with Crippen molar-refractivity contribution in [2.75, 3.05) is 5.32 Å². The molecule has 0 amide bonds. The number of benzene rings is 1. The van der Waals surface area contributed by atoms with E-state index in [1.54, 1.807) is 6.07 Å². The normalized spacial score (nSPS) is 10.1. The zero-order chi connectivity index (χ0) is 13.1. The predicted octanol–water partition coefficient (Wildman–Crippen LogP) is 3.59. The second-order valence-corrected chi connectivity index (χ2v) is 4.74. The molecule has 0 aliphatic heterocycles. The molecule has 0 unspecified atom stereocenters. The molecule has 1 aromatic carbocycles. The maximum absolute atomic E-state index is 10.7. The molecule has 2 aromatic rings. The summed E-state index contributed by atoms with van der Waals surface area (Å²) in [5.74, 6) is -0.362. The Balaban J connectivity index is 2.21. The molecule has 0 aliphatic carbocycles. The molecule has 1 heterocycles. The largest absolute Gasteiger partial charge is 0.478 e. The van der Waals surface area contributed by atoms with Crippen molar-refractivity contribution >= 4 is 33.4 Å². The van der Waals surface area contributed by atoms with Gasteiger partial charge in [-0.3, -0.25) is 0 Å². The van der Waals surface area contributed by atoms with Gasteiger partial charge in [-0.1, -0.05) is 15.9 Å². The Morgan fingerprint density at radius 1 is 1.33 bits per heavy atom. The van der Waals surface area contributed by atoms with Crippen LogP contribution in [0.25, 0.3) is 0 Å². The number of pyridine rings is 1. The highest BCUT2D eigenvalue weighted by Gasteiger charge is 2.04. The number of aromatic carboxylic acids is 1. The van der Waals surface area contributed by atoms with Crippen LogP contribution in [0.2, 0.25) is 0 Å². The van der Waals surface area contributed by atoms with Crippen molar-refractivity contribution in [3.8, 4) is 0 Å². The molecule has 0 aliphatic rings. The van der Waals surface area contributed by atoms with E-state index in [1.807, 2.05) is 25.1 Å². The lowest BCUT2D eigenvalue weighted by atomic mass is 10.2. The van der Waals surface area contributed by atoms with E-state index in [0.717, 1.165) is 15.7 Å². The van der Waals surface area contributed by atoms with Gasteiger partial charge in [0.05, 0.1) is 5.56 Å². The molecule has 18 heavy (non-hydrogen) atoms. The molecule has 4 nitrogen and oxygen atoms in total. The van der Waals surface area contributed by atoms with Crippen LogP contribution in [0.1, 0.15) is 15.9 Å². The molecular formula is C13H11BrN2O2. The predicted molar refractivity (Wildman–Crippen MR) is 73.4 cm³/mol. The Kier molecular flexibility index (Phi) is 3.62. The Bertz CT molecular complexity index is 582. The smallest absolute Gasteiger partial charge is 0.337 e. The number of nitrogens with one attached hydrogen (secondary N) is 1. The summed E-state index contributed by atoms with van der Waals surface area (Å²) in [7, 11) is 0. The van der Waals surface area contributed by atoms with Gasteiger partial charge in [0.15, 0.2) is 0 Å². The minimum atomic E-state index is -0.978. The summed E-state index contributed by atoms with van der Waals surface area (Å²) < 4.78 is 1.01. The van der Waals surface area contributed by atoms with E-state index in [0.29, 0.717) is 5.82 Å². The molecular weight excluding hydrogens is 296 g/mol. The summed E-state index contributed by atoms with van der Waals surface area (Å²) in [6.45, 7) is 1.98. The number of halogens is 1. The first-order chi connectivity index (χ1) is 8.56. The zero-order valence-corrected chi connectivity index (χ0v) is 11.2. The van der Waals surface area contributed by atoms with E-state index >= 15 is 0 Å². The number of carbonyl (C=O) groups is 1. The number of hydrogen-bond donors (Lipinski definition) is 2. The van der Waals surface area contributed by atoms with Gasteiger partial charge in [0.2, 0.25) is 0 Å². The van der Waals surface area contributed by atoms with Gasteiger partial charge in [-0.25, -0.2) is 9.78 Å². The average molecular weight is 307 g/mol. The lowest BCUT2D eigenvalue weighted by Crippen LogP contribution is -2.00. The molecule has 0 radical (unpaired) electrons. The van der Waals surface area contributed by atoms with Crippen LogP contribution in [0.4, 0.5) is 11.5 Å². The maximum Gasteiger partial charge on any atom is 0.337 e. The molecule has 1 aromatic heterocycles. The quantitative estimate of drug-likeness (QED) is 0.909. The number of aromatic nitrogens is 1. The van der Waals surface area contributed by atoms with Crippen LogP contribution in [0, 0.1) is 6.92 Å². The van der Waals surface area contributed by atoms with Gasteiger partial charge in [0.25, 0.3) is 0 Å². The highest BCUT2D eigenvalue weighted by atomic mass is 79.9. The molecule has 92 valence electrons. The Labute approximate surface area is 113 Å². The fourth-order valence-electron chi connectivity index (χ4n) is 1.50. The van der Waals surface area contributed by atoms with E-state index in [4.69, 9.17) is 5.11 Å². The third-order valence-corrected chi connectivity index (χ3v) is 2.95. The summed E-state index contributed by atoms with van der Waals surface area (Å²) >= 11 is 3.40. The first-order valence-corrected chi connectivity index (χ1v) is 6.08. The summed E-state index contributed by atoms with van der Waals surface area (Å²) in [5.41, 5.74) is 2.19. The van der Waals surface area contributed by atoms with E-state index < -0.39 is 5.97 Å². The highest BCUT2D eigenvalue weighted by molar-refractivity contribution is 9.10. The zero-order valence-electron chi connectivity index (χ0n) is 9.64. The van der Waals surface area contributed by atoms with Crippen LogP contribution in [0.5, 0.6) is 0 Å². The number of nitrogens with zero attached hydrogens (tertiary/aromatic N) is 1. The monoisotopic (exact) mass is 306 g/mol. The lowest BCUT2D eigenvalue weighted by molar-refractivity contribution is 0.0696. The van der Waals surface area contributed by atoms with Crippen LogP contribution in [-0.2, 0) is 0 Å². The third kappa shape index (κ3) is 2.87. The van der Waals surface area contributed by atoms with Crippen LogP contribution in [0.3, 0.4) is 0 Å². The van der Waals surface area contributed by atoms with Gasteiger partial charge in [-0.05, 0) is 42.8 Å². The fraction of sp³-hybridized carbons (Fsp3) is 0.0769. The fourth-order valence-corrected chi connectivity index (χ4v) is 1.98. The van der Waals surface area contributed by atoms with Crippen LogP contribution >= 0.6 is 15.9 Å². The van der Waals surface area contributed by atoms with Crippen LogP contribution in [0.15, 0.2) is 41.0 Å². The Hall–Kier alpha value is -1.88. The van der Waals surface area contributed by atoms with Crippen molar-refractivity contribution in [2.24, 2.45) is 0 Å². The summed E-state index contributed by atoms with van der Waals surface area (Å²) in [6.07, 6.45) is 1.33. The van der Waals surface area contributed by atoms with Crippen LogP contribution < -0.4 is 5.32 Å². The number of anilines is 2. The number of aryl methyl sites for hydroxylation is 1. The number of carboxylic acid groups (broad SMARTS) is 1. The molecule has 0 atom stereocenters. The first kappa shape index (κ1) is 12.6. The molecule has 2 N–H and O–H groups in total. The summed E-state index contributed by atoms with van der Waals surface area (Å²) in [4.78, 5) is 14.8. The van der Waals surface area contributed by atoms with Crippen molar-refractivity contribution in [3.63, 3.8) is 0 Å². The average Bonchev–Trinajstić information content (AvgIpc) is 2.33. The second kappa shape index (κ2) is 5.18. The minimum Gasteiger partial charge on any atom is -0.478 e. The van der Waals surface area contributed by atoms with Gasteiger partial charge in [-0.15, -0.1) is 0 Å². The molecule has 0 saturated carbocycles. The van der Waals surface area contributed by atoms with Gasteiger partial charge < -0.3 is 10.4 Å². The lowest BCUT2D eigenvalue weighted by Gasteiger charge is -2.09. The van der Waals surface area contributed by atoms with Crippen molar-refractivity contribution in [1.82, 2.24) is 4.98 Å². The SMILES string of the molecule is Cc1cc(Br)ccc1Nc1ccc(C(=O)O)cn1.